The number of aromatic nitrogens is 3. The van der Waals surface area contributed by atoms with Gasteiger partial charge in [-0.2, -0.15) is 26.3 Å². The van der Waals surface area contributed by atoms with Gasteiger partial charge in [0.1, 0.15) is 11.5 Å². The zero-order valence-corrected chi connectivity index (χ0v) is 17.8. The maximum Gasteiger partial charge on any atom is 0.418 e. The van der Waals surface area contributed by atoms with Gasteiger partial charge in [0, 0.05) is 30.4 Å². The fourth-order valence-corrected chi connectivity index (χ4v) is 3.34. The summed E-state index contributed by atoms with van der Waals surface area (Å²) in [5.41, 5.74) is -1.76. The number of amides is 1. The number of hydrogen-bond donors (Lipinski definition) is 2. The summed E-state index contributed by atoms with van der Waals surface area (Å²) in [5.74, 6) is -0.511. The number of hydrogen-bond acceptors (Lipinski definition) is 5. The average molecular weight is 491 g/mol. The summed E-state index contributed by atoms with van der Waals surface area (Å²) in [5, 5.41) is 5.68. The Balaban J connectivity index is 1.75. The minimum absolute atomic E-state index is 0.0767. The Morgan fingerprint density at radius 3 is 2.29 bits per heavy atom. The Morgan fingerprint density at radius 2 is 1.66 bits per heavy atom. The van der Waals surface area contributed by atoms with Crippen LogP contribution < -0.4 is 10.6 Å². The summed E-state index contributed by atoms with van der Waals surface area (Å²) in [6.07, 6.45) is -7.17. The number of alkyl halides is 6. The molecule has 1 amide bonds. The summed E-state index contributed by atoms with van der Waals surface area (Å²) >= 11 is 0. The van der Waals surface area contributed by atoms with E-state index in [9.17, 15) is 31.1 Å². The van der Waals surface area contributed by atoms with E-state index in [1.807, 2.05) is 0 Å². The van der Waals surface area contributed by atoms with Crippen LogP contribution >= 0.6 is 0 Å². The van der Waals surface area contributed by atoms with E-state index >= 15 is 0 Å². The van der Waals surface area contributed by atoms with Gasteiger partial charge in [-0.15, -0.1) is 0 Å². The fourth-order valence-electron chi connectivity index (χ4n) is 3.34. The monoisotopic (exact) mass is 491 g/mol. The van der Waals surface area contributed by atoms with Crippen LogP contribution in [-0.2, 0) is 12.4 Å². The van der Waals surface area contributed by atoms with Gasteiger partial charge >= 0.3 is 12.4 Å². The van der Waals surface area contributed by atoms with Gasteiger partial charge in [0.05, 0.1) is 28.0 Å². The molecule has 0 radical (unpaired) electrons. The highest BCUT2D eigenvalue weighted by atomic mass is 19.4. The van der Waals surface area contributed by atoms with Gasteiger partial charge in [-0.25, -0.2) is 9.97 Å². The molecule has 0 fully saturated rings. The molecule has 180 valence electrons. The third-order valence-electron chi connectivity index (χ3n) is 5.03. The third-order valence-corrected chi connectivity index (χ3v) is 5.03. The number of benzene rings is 1. The minimum atomic E-state index is -4.72. The second-order valence-electron chi connectivity index (χ2n) is 7.31. The molecule has 0 aliphatic heterocycles. The van der Waals surface area contributed by atoms with E-state index < -0.39 is 35.1 Å². The maximum absolute atomic E-state index is 13.6. The highest BCUT2D eigenvalue weighted by Crippen LogP contribution is 2.37. The first-order chi connectivity index (χ1) is 16.5. The molecule has 0 bridgehead atoms. The molecule has 4 aromatic rings. The molecule has 0 aliphatic rings. The zero-order valence-electron chi connectivity index (χ0n) is 17.8. The van der Waals surface area contributed by atoms with E-state index in [1.54, 1.807) is 6.07 Å². The lowest BCUT2D eigenvalue weighted by Crippen LogP contribution is -2.20. The molecule has 1 aromatic carbocycles. The van der Waals surface area contributed by atoms with Crippen molar-refractivity contribution in [2.75, 3.05) is 12.4 Å². The Bertz CT molecular complexity index is 1400. The van der Waals surface area contributed by atoms with Crippen molar-refractivity contribution in [3.05, 3.63) is 77.7 Å². The molecular weight excluding hydrogens is 476 g/mol. The number of pyridine rings is 3. The van der Waals surface area contributed by atoms with E-state index in [0.717, 1.165) is 24.3 Å². The zero-order chi connectivity index (χ0) is 25.4. The van der Waals surface area contributed by atoms with Crippen LogP contribution in [0.1, 0.15) is 21.6 Å². The lowest BCUT2D eigenvalue weighted by molar-refractivity contribution is -0.138. The van der Waals surface area contributed by atoms with Gasteiger partial charge in [0.2, 0.25) is 0 Å². The van der Waals surface area contributed by atoms with Gasteiger partial charge < -0.3 is 10.6 Å². The quantitative estimate of drug-likeness (QED) is 0.351. The molecule has 2 N–H and O–H groups in total. The lowest BCUT2D eigenvalue weighted by atomic mass is 10.0. The predicted octanol–water partition coefficient (Wildman–Crippen LogP) is 5.83. The molecule has 0 aliphatic carbocycles. The van der Waals surface area contributed by atoms with Crippen LogP contribution in [0.4, 0.5) is 37.8 Å². The van der Waals surface area contributed by atoms with Crippen LogP contribution in [0.5, 0.6) is 0 Å². The van der Waals surface area contributed by atoms with Crippen LogP contribution in [-0.4, -0.2) is 27.9 Å². The smallest absolute Gasteiger partial charge is 0.354 e. The molecular formula is C23H15F6N5O. The molecule has 35 heavy (non-hydrogen) atoms. The lowest BCUT2D eigenvalue weighted by Gasteiger charge is -2.15. The number of rotatable bonds is 4. The first kappa shape index (κ1) is 23.9. The van der Waals surface area contributed by atoms with E-state index in [1.165, 1.54) is 31.4 Å². The molecule has 4 rings (SSSR count). The number of anilines is 2. The molecule has 0 saturated heterocycles. The highest BCUT2D eigenvalue weighted by molar-refractivity contribution is 5.96. The van der Waals surface area contributed by atoms with Crippen molar-refractivity contribution in [3.8, 4) is 11.3 Å². The minimum Gasteiger partial charge on any atom is -0.354 e. The second kappa shape index (κ2) is 8.85. The standard InChI is InChI=1S/C23H15F6N5O/c1-30-21(35)17-6-5-15(23(27,28)29)20(34-17)12-2-4-14-16(8-9-31-18(14)10-12)33-19-7-3-13(11-32-19)22(24,25)26/h2-11H,1H3,(H,30,35)(H,31,32,33). The molecule has 0 spiro atoms. The Labute approximate surface area is 194 Å². The van der Waals surface area contributed by atoms with Crippen LogP contribution in [0.3, 0.4) is 0 Å². The number of nitrogens with one attached hydrogen (secondary N) is 2. The Hall–Kier alpha value is -4.22. The topological polar surface area (TPSA) is 79.8 Å². The fraction of sp³-hybridized carbons (Fsp3) is 0.130. The van der Waals surface area contributed by atoms with Crippen molar-refractivity contribution < 1.29 is 31.1 Å². The van der Waals surface area contributed by atoms with Crippen molar-refractivity contribution >= 4 is 28.3 Å². The maximum atomic E-state index is 13.6. The van der Waals surface area contributed by atoms with Crippen LogP contribution in [0.15, 0.2) is 60.9 Å². The molecule has 0 unspecified atom stereocenters. The summed E-state index contributed by atoms with van der Waals surface area (Å²) in [7, 11) is 1.33. The predicted molar refractivity (Wildman–Crippen MR) is 116 cm³/mol. The van der Waals surface area contributed by atoms with Crippen molar-refractivity contribution in [2.45, 2.75) is 12.4 Å². The number of fused-ring (bicyclic) bond motifs is 1. The molecule has 3 aromatic heterocycles. The summed E-state index contributed by atoms with van der Waals surface area (Å²) in [6, 6.07) is 9.63. The number of nitrogens with zero attached hydrogens (tertiary/aromatic N) is 3. The Kier molecular flexibility index (Phi) is 6.05. The van der Waals surface area contributed by atoms with Gasteiger partial charge in [-0.3, -0.25) is 9.78 Å². The summed E-state index contributed by atoms with van der Waals surface area (Å²) in [4.78, 5) is 23.8. The summed E-state index contributed by atoms with van der Waals surface area (Å²) in [6.45, 7) is 0. The first-order valence-electron chi connectivity index (χ1n) is 9.97. The second-order valence-corrected chi connectivity index (χ2v) is 7.31. The van der Waals surface area contributed by atoms with Crippen molar-refractivity contribution in [1.29, 1.82) is 0 Å². The van der Waals surface area contributed by atoms with Gasteiger partial charge in [-0.1, -0.05) is 12.1 Å². The van der Waals surface area contributed by atoms with Crippen LogP contribution in [0, 0.1) is 0 Å². The highest BCUT2D eigenvalue weighted by Gasteiger charge is 2.35. The van der Waals surface area contributed by atoms with E-state index in [0.29, 0.717) is 22.8 Å². The average Bonchev–Trinajstić information content (AvgIpc) is 2.82. The number of carbonyl (C=O) groups is 1. The molecule has 3 heterocycles. The van der Waals surface area contributed by atoms with E-state index in [-0.39, 0.29) is 17.1 Å². The molecule has 0 saturated carbocycles. The SMILES string of the molecule is CNC(=O)c1ccc(C(F)(F)F)c(-c2ccc3c(Nc4ccc(C(F)(F)F)cn4)ccnc3c2)n1. The van der Waals surface area contributed by atoms with E-state index in [4.69, 9.17) is 0 Å². The van der Waals surface area contributed by atoms with Crippen LogP contribution in [0.2, 0.25) is 0 Å². The largest absolute Gasteiger partial charge is 0.418 e. The van der Waals surface area contributed by atoms with Crippen molar-refractivity contribution in [1.82, 2.24) is 20.3 Å². The van der Waals surface area contributed by atoms with Gasteiger partial charge in [0.15, 0.2) is 0 Å². The van der Waals surface area contributed by atoms with Crippen molar-refractivity contribution in [2.24, 2.45) is 0 Å². The van der Waals surface area contributed by atoms with E-state index in [2.05, 4.69) is 25.6 Å². The summed E-state index contributed by atoms with van der Waals surface area (Å²) < 4.78 is 79.2. The number of halogens is 6. The molecule has 6 nitrogen and oxygen atoms in total. The number of carbonyl (C=O) groups excluding carboxylic acids is 1. The van der Waals surface area contributed by atoms with Crippen LogP contribution in [0.25, 0.3) is 22.2 Å². The van der Waals surface area contributed by atoms with Gasteiger partial charge in [-0.05, 0) is 36.4 Å². The first-order valence-corrected chi connectivity index (χ1v) is 9.97. The molecule has 0 atom stereocenters. The Morgan fingerprint density at radius 1 is 0.886 bits per heavy atom. The molecule has 12 heteroatoms. The van der Waals surface area contributed by atoms with Crippen molar-refractivity contribution in [3.63, 3.8) is 0 Å². The van der Waals surface area contributed by atoms with Gasteiger partial charge in [0.25, 0.3) is 5.91 Å². The normalized spacial score (nSPS) is 12.0. The third kappa shape index (κ3) is 5.00.